The molecule has 0 aromatic carbocycles. The summed E-state index contributed by atoms with van der Waals surface area (Å²) in [4.78, 5) is 22.4. The summed E-state index contributed by atoms with van der Waals surface area (Å²) in [6.45, 7) is 6.44. The van der Waals surface area contributed by atoms with Crippen molar-refractivity contribution in [3.8, 4) is 6.07 Å². The summed E-state index contributed by atoms with van der Waals surface area (Å²) in [5.41, 5.74) is -1.65. The van der Waals surface area contributed by atoms with Gasteiger partial charge in [-0.2, -0.15) is 5.26 Å². The first kappa shape index (κ1) is 13.2. The van der Waals surface area contributed by atoms with Gasteiger partial charge in [0.2, 0.25) is 11.4 Å². The summed E-state index contributed by atoms with van der Waals surface area (Å²) in [5, 5.41) is 11.2. The van der Waals surface area contributed by atoms with Gasteiger partial charge in [-0.3, -0.25) is 4.79 Å². The lowest BCUT2D eigenvalue weighted by atomic mass is 9.97. The number of carbonyl (C=O) groups excluding carboxylic acids is 2. The molecule has 0 heterocycles. The maximum absolute atomic E-state index is 11.5. The minimum Gasteiger partial charge on any atom is -0.463 e. The van der Waals surface area contributed by atoms with Gasteiger partial charge < -0.3 is 10.1 Å². The number of carbonyl (C=O) groups is 2. The monoisotopic (exact) mass is 210 g/mol. The van der Waals surface area contributed by atoms with E-state index >= 15 is 0 Å². The highest BCUT2D eigenvalue weighted by atomic mass is 16.5. The Morgan fingerprint density at radius 3 is 2.60 bits per heavy atom. The zero-order valence-corrected chi connectivity index (χ0v) is 8.87. The summed E-state index contributed by atoms with van der Waals surface area (Å²) in [6.07, 6.45) is 1.40. The normalized spacial score (nSPS) is 13.1. The molecular weight excluding hydrogens is 196 g/mol. The van der Waals surface area contributed by atoms with Crippen LogP contribution < -0.4 is 5.32 Å². The molecule has 1 unspecified atom stereocenters. The zero-order chi connectivity index (χ0) is 11.9. The fourth-order valence-electron chi connectivity index (χ4n) is 1.08. The summed E-state index contributed by atoms with van der Waals surface area (Å²) in [5.74, 6) is -1.23. The van der Waals surface area contributed by atoms with E-state index < -0.39 is 17.4 Å². The summed E-state index contributed by atoms with van der Waals surface area (Å²) >= 11 is 0. The molecule has 0 aliphatic carbocycles. The average molecular weight is 210 g/mol. The van der Waals surface area contributed by atoms with E-state index in [2.05, 4.69) is 11.9 Å². The van der Waals surface area contributed by atoms with E-state index in [0.29, 0.717) is 0 Å². The Hall–Kier alpha value is -1.83. The molecule has 5 heteroatoms. The van der Waals surface area contributed by atoms with Gasteiger partial charge in [0.15, 0.2) is 0 Å². The van der Waals surface area contributed by atoms with Crippen LogP contribution >= 0.6 is 0 Å². The summed E-state index contributed by atoms with van der Waals surface area (Å²) in [6, 6.07) is 1.75. The summed E-state index contributed by atoms with van der Waals surface area (Å²) < 4.78 is 4.73. The van der Waals surface area contributed by atoms with Crippen molar-refractivity contribution in [1.29, 1.82) is 5.26 Å². The van der Waals surface area contributed by atoms with Crippen molar-refractivity contribution in [2.24, 2.45) is 0 Å². The SMILES string of the molecule is C=CCC(C#N)(NC(C)=O)C(=O)OCC. The minimum atomic E-state index is -1.65. The van der Waals surface area contributed by atoms with Crippen LogP contribution in [-0.4, -0.2) is 24.0 Å². The molecule has 0 spiro atoms. The van der Waals surface area contributed by atoms with Crippen molar-refractivity contribution in [3.63, 3.8) is 0 Å². The van der Waals surface area contributed by atoms with Crippen molar-refractivity contribution in [1.82, 2.24) is 5.32 Å². The second kappa shape index (κ2) is 5.81. The highest BCUT2D eigenvalue weighted by molar-refractivity contribution is 5.90. The van der Waals surface area contributed by atoms with E-state index in [1.807, 2.05) is 0 Å². The number of esters is 1. The van der Waals surface area contributed by atoms with Crippen molar-refractivity contribution in [3.05, 3.63) is 12.7 Å². The number of nitrogens with one attached hydrogen (secondary N) is 1. The lowest BCUT2D eigenvalue weighted by Crippen LogP contribution is -2.53. The van der Waals surface area contributed by atoms with Crippen molar-refractivity contribution < 1.29 is 14.3 Å². The number of nitriles is 1. The number of rotatable bonds is 5. The Morgan fingerprint density at radius 2 is 2.27 bits per heavy atom. The molecule has 0 saturated carbocycles. The number of ether oxygens (including phenoxy) is 1. The molecule has 0 aliphatic heterocycles. The molecule has 0 aromatic heterocycles. The van der Waals surface area contributed by atoms with E-state index in [1.54, 1.807) is 13.0 Å². The van der Waals surface area contributed by atoms with Crippen LogP contribution in [0.2, 0.25) is 0 Å². The third-order valence-electron chi connectivity index (χ3n) is 1.65. The fraction of sp³-hybridized carbons (Fsp3) is 0.500. The number of hydrogen-bond donors (Lipinski definition) is 1. The standard InChI is InChI=1S/C10H14N2O3/c1-4-6-10(7-11,12-8(3)13)9(14)15-5-2/h4H,1,5-6H2,2-3H3,(H,12,13). The molecule has 5 nitrogen and oxygen atoms in total. The molecular formula is C10H14N2O3. The van der Waals surface area contributed by atoms with Crippen LogP contribution in [0.1, 0.15) is 20.3 Å². The first-order valence-corrected chi connectivity index (χ1v) is 4.50. The van der Waals surface area contributed by atoms with E-state index in [-0.39, 0.29) is 13.0 Å². The number of hydrogen-bond acceptors (Lipinski definition) is 4. The smallest absolute Gasteiger partial charge is 0.347 e. The van der Waals surface area contributed by atoms with Crippen molar-refractivity contribution in [2.75, 3.05) is 6.61 Å². The highest BCUT2D eigenvalue weighted by Crippen LogP contribution is 2.12. The van der Waals surface area contributed by atoms with Crippen molar-refractivity contribution in [2.45, 2.75) is 25.8 Å². The topological polar surface area (TPSA) is 79.2 Å². The summed E-state index contributed by atoms with van der Waals surface area (Å²) in [7, 11) is 0. The first-order valence-electron chi connectivity index (χ1n) is 4.50. The van der Waals surface area contributed by atoms with Crippen LogP contribution in [0.4, 0.5) is 0 Å². The maximum atomic E-state index is 11.5. The second-order valence-electron chi connectivity index (χ2n) is 2.91. The van der Waals surface area contributed by atoms with E-state index in [4.69, 9.17) is 10.00 Å². The molecule has 0 fully saturated rings. The molecule has 0 aliphatic rings. The molecule has 1 N–H and O–H groups in total. The molecule has 15 heavy (non-hydrogen) atoms. The predicted octanol–water partition coefficient (Wildman–Crippen LogP) is 0.524. The Bertz CT molecular complexity index is 306. The molecule has 0 radical (unpaired) electrons. The zero-order valence-electron chi connectivity index (χ0n) is 8.87. The van der Waals surface area contributed by atoms with Gasteiger partial charge in [-0.05, 0) is 6.92 Å². The second-order valence-corrected chi connectivity index (χ2v) is 2.91. The van der Waals surface area contributed by atoms with Gasteiger partial charge in [0.25, 0.3) is 0 Å². The lowest BCUT2D eigenvalue weighted by molar-refractivity contribution is -0.150. The van der Waals surface area contributed by atoms with Crippen LogP contribution in [0.3, 0.4) is 0 Å². The Morgan fingerprint density at radius 1 is 1.67 bits per heavy atom. The van der Waals surface area contributed by atoms with Gasteiger partial charge in [-0.1, -0.05) is 6.08 Å². The average Bonchev–Trinajstić information content (AvgIpc) is 2.16. The molecule has 1 amide bonds. The third kappa shape index (κ3) is 3.43. The van der Waals surface area contributed by atoms with Gasteiger partial charge in [-0.25, -0.2) is 4.79 Å². The molecule has 82 valence electrons. The van der Waals surface area contributed by atoms with Crippen LogP contribution in [-0.2, 0) is 14.3 Å². The van der Waals surface area contributed by atoms with Gasteiger partial charge >= 0.3 is 5.97 Å². The van der Waals surface area contributed by atoms with Gasteiger partial charge in [0, 0.05) is 13.3 Å². The minimum absolute atomic E-state index is 0.0158. The number of amides is 1. The predicted molar refractivity (Wildman–Crippen MR) is 53.6 cm³/mol. The Balaban J connectivity index is 4.97. The fourth-order valence-corrected chi connectivity index (χ4v) is 1.08. The van der Waals surface area contributed by atoms with Crippen molar-refractivity contribution >= 4 is 11.9 Å². The molecule has 0 aromatic rings. The van der Waals surface area contributed by atoms with Gasteiger partial charge in [0.1, 0.15) is 6.07 Å². The maximum Gasteiger partial charge on any atom is 0.347 e. The molecule has 0 saturated heterocycles. The quantitative estimate of drug-likeness (QED) is 0.530. The Kier molecular flexibility index (Phi) is 5.10. The van der Waals surface area contributed by atoms with E-state index in [9.17, 15) is 9.59 Å². The molecule has 0 rings (SSSR count). The third-order valence-corrected chi connectivity index (χ3v) is 1.65. The van der Waals surface area contributed by atoms with Crippen LogP contribution in [0.5, 0.6) is 0 Å². The van der Waals surface area contributed by atoms with Crippen LogP contribution in [0.25, 0.3) is 0 Å². The number of nitrogens with zero attached hydrogens (tertiary/aromatic N) is 1. The highest BCUT2D eigenvalue weighted by Gasteiger charge is 2.40. The van der Waals surface area contributed by atoms with E-state index in [1.165, 1.54) is 13.0 Å². The van der Waals surface area contributed by atoms with Crippen LogP contribution in [0, 0.1) is 11.3 Å². The Labute approximate surface area is 88.7 Å². The molecule has 0 bridgehead atoms. The largest absolute Gasteiger partial charge is 0.463 e. The molecule has 1 atom stereocenters. The van der Waals surface area contributed by atoms with Gasteiger partial charge in [-0.15, -0.1) is 6.58 Å². The first-order chi connectivity index (χ1) is 7.02. The van der Waals surface area contributed by atoms with Gasteiger partial charge in [0.05, 0.1) is 6.61 Å². The lowest BCUT2D eigenvalue weighted by Gasteiger charge is -2.23. The van der Waals surface area contributed by atoms with Crippen LogP contribution in [0.15, 0.2) is 12.7 Å². The van der Waals surface area contributed by atoms with E-state index in [0.717, 1.165) is 0 Å².